The van der Waals surface area contributed by atoms with E-state index in [-0.39, 0.29) is 0 Å². The standard InChI is InChI=1S/C46H30N4/c1-4-12-31(13-5-1)41-30-42(48-46(47-41)33-14-6-2-7-15-33)32-20-22-38(23-21-32)50-43-19-11-10-18-39(43)40-27-35-26-34-24-25-49(37-16-8-3-9-17-37)44(34)28-36(35)29-45(40)50/h1-30H. The first-order chi connectivity index (χ1) is 24.8. The van der Waals surface area contributed by atoms with Gasteiger partial charge in [-0.25, -0.2) is 9.97 Å². The number of para-hydroxylation sites is 2. The van der Waals surface area contributed by atoms with E-state index in [1.54, 1.807) is 0 Å². The monoisotopic (exact) mass is 638 g/mol. The molecule has 10 aromatic rings. The van der Waals surface area contributed by atoms with Gasteiger partial charge in [0.15, 0.2) is 5.82 Å². The maximum absolute atomic E-state index is 5.06. The minimum absolute atomic E-state index is 0.716. The third kappa shape index (κ3) is 4.69. The summed E-state index contributed by atoms with van der Waals surface area (Å²) in [5.41, 5.74) is 10.7. The zero-order valence-corrected chi connectivity index (χ0v) is 27.1. The fourth-order valence-electron chi connectivity index (χ4n) is 7.29. The van der Waals surface area contributed by atoms with Crippen LogP contribution < -0.4 is 0 Å². The average Bonchev–Trinajstić information content (AvgIpc) is 3.75. The Hall–Kier alpha value is -6.78. The van der Waals surface area contributed by atoms with Crippen LogP contribution in [0, 0.1) is 0 Å². The Bertz CT molecular complexity index is 2770. The van der Waals surface area contributed by atoms with Crippen molar-refractivity contribution in [3.63, 3.8) is 0 Å². The number of rotatable bonds is 5. The molecule has 50 heavy (non-hydrogen) atoms. The zero-order chi connectivity index (χ0) is 33.0. The predicted octanol–water partition coefficient (Wildman–Crippen LogP) is 11.7. The van der Waals surface area contributed by atoms with Crippen LogP contribution in [-0.2, 0) is 0 Å². The molecule has 0 bridgehead atoms. The van der Waals surface area contributed by atoms with E-state index in [1.165, 1.54) is 43.5 Å². The summed E-state index contributed by atoms with van der Waals surface area (Å²) in [6.07, 6.45) is 2.17. The topological polar surface area (TPSA) is 35.6 Å². The molecule has 0 fully saturated rings. The lowest BCUT2D eigenvalue weighted by Gasteiger charge is -2.12. The zero-order valence-electron chi connectivity index (χ0n) is 27.1. The molecule has 0 radical (unpaired) electrons. The van der Waals surface area contributed by atoms with E-state index in [9.17, 15) is 0 Å². The van der Waals surface area contributed by atoms with E-state index >= 15 is 0 Å². The quantitative estimate of drug-likeness (QED) is 0.188. The molecule has 0 amide bonds. The Morgan fingerprint density at radius 2 is 0.960 bits per heavy atom. The van der Waals surface area contributed by atoms with Crippen LogP contribution in [0.3, 0.4) is 0 Å². The smallest absolute Gasteiger partial charge is 0.160 e. The third-order valence-electron chi connectivity index (χ3n) is 9.72. The van der Waals surface area contributed by atoms with Crippen LogP contribution in [0.5, 0.6) is 0 Å². The molecule has 4 nitrogen and oxygen atoms in total. The summed E-state index contributed by atoms with van der Waals surface area (Å²) in [7, 11) is 0. The SMILES string of the molecule is c1ccc(-c2cc(-c3ccc(-n4c5ccccc5c5cc6cc7ccn(-c8ccccc8)c7cc6cc54)cc3)nc(-c3ccccc3)n2)cc1. The van der Waals surface area contributed by atoms with Crippen LogP contribution in [0.25, 0.3) is 88.8 Å². The molecule has 234 valence electrons. The van der Waals surface area contributed by atoms with E-state index in [2.05, 4.69) is 155 Å². The Balaban J connectivity index is 1.12. The lowest BCUT2D eigenvalue weighted by molar-refractivity contribution is 1.13. The molecule has 0 aliphatic carbocycles. The van der Waals surface area contributed by atoms with Gasteiger partial charge in [-0.15, -0.1) is 0 Å². The summed E-state index contributed by atoms with van der Waals surface area (Å²) in [6, 6.07) is 62.2. The molecule has 0 spiro atoms. The maximum Gasteiger partial charge on any atom is 0.160 e. The van der Waals surface area contributed by atoms with Crippen LogP contribution >= 0.6 is 0 Å². The number of hydrogen-bond donors (Lipinski definition) is 0. The lowest BCUT2D eigenvalue weighted by atomic mass is 10.0. The molecule has 7 aromatic carbocycles. The number of benzene rings is 7. The van der Waals surface area contributed by atoms with Crippen molar-refractivity contribution < 1.29 is 0 Å². The molecule has 3 aromatic heterocycles. The molecule has 3 heterocycles. The first-order valence-electron chi connectivity index (χ1n) is 16.9. The van der Waals surface area contributed by atoms with Crippen LogP contribution in [0.2, 0.25) is 0 Å². The molecular formula is C46H30N4. The molecule has 0 aliphatic heterocycles. The van der Waals surface area contributed by atoms with Crippen LogP contribution in [0.4, 0.5) is 0 Å². The fraction of sp³-hybridized carbons (Fsp3) is 0. The predicted molar refractivity (Wildman–Crippen MR) is 207 cm³/mol. The largest absolute Gasteiger partial charge is 0.317 e. The number of aromatic nitrogens is 4. The van der Waals surface area contributed by atoms with Crippen molar-refractivity contribution in [2.24, 2.45) is 0 Å². The van der Waals surface area contributed by atoms with Gasteiger partial charge in [0.1, 0.15) is 0 Å². The van der Waals surface area contributed by atoms with Gasteiger partial charge >= 0.3 is 0 Å². The van der Waals surface area contributed by atoms with Gasteiger partial charge in [-0.05, 0) is 77.5 Å². The van der Waals surface area contributed by atoms with Crippen molar-refractivity contribution in [3.8, 4) is 45.3 Å². The highest BCUT2D eigenvalue weighted by molar-refractivity contribution is 6.15. The minimum Gasteiger partial charge on any atom is -0.317 e. The van der Waals surface area contributed by atoms with Crippen molar-refractivity contribution in [3.05, 3.63) is 182 Å². The van der Waals surface area contributed by atoms with Crippen molar-refractivity contribution >= 4 is 43.5 Å². The van der Waals surface area contributed by atoms with E-state index in [0.29, 0.717) is 5.82 Å². The van der Waals surface area contributed by atoms with Gasteiger partial charge in [0, 0.05) is 50.4 Å². The van der Waals surface area contributed by atoms with Crippen molar-refractivity contribution in [1.82, 2.24) is 19.1 Å². The second-order valence-electron chi connectivity index (χ2n) is 12.7. The minimum atomic E-state index is 0.716. The molecule has 0 atom stereocenters. The highest BCUT2D eigenvalue weighted by Gasteiger charge is 2.16. The Morgan fingerprint density at radius 3 is 1.70 bits per heavy atom. The Morgan fingerprint density at radius 1 is 0.360 bits per heavy atom. The van der Waals surface area contributed by atoms with Crippen LogP contribution in [-0.4, -0.2) is 19.1 Å². The summed E-state index contributed by atoms with van der Waals surface area (Å²) in [5, 5.41) is 6.17. The van der Waals surface area contributed by atoms with Gasteiger partial charge in [0.25, 0.3) is 0 Å². The van der Waals surface area contributed by atoms with E-state index in [4.69, 9.17) is 9.97 Å². The highest BCUT2D eigenvalue weighted by Crippen LogP contribution is 2.37. The first-order valence-corrected chi connectivity index (χ1v) is 16.9. The molecule has 10 rings (SSSR count). The van der Waals surface area contributed by atoms with Gasteiger partial charge in [-0.1, -0.05) is 109 Å². The van der Waals surface area contributed by atoms with Crippen molar-refractivity contribution in [2.45, 2.75) is 0 Å². The molecule has 0 unspecified atom stereocenters. The van der Waals surface area contributed by atoms with E-state index < -0.39 is 0 Å². The second-order valence-corrected chi connectivity index (χ2v) is 12.7. The van der Waals surface area contributed by atoms with Crippen molar-refractivity contribution in [1.29, 1.82) is 0 Å². The molecule has 0 aliphatic rings. The van der Waals surface area contributed by atoms with Gasteiger partial charge in [0.05, 0.1) is 27.9 Å². The molecule has 0 saturated heterocycles. The lowest BCUT2D eigenvalue weighted by Crippen LogP contribution is -1.97. The molecular weight excluding hydrogens is 609 g/mol. The molecule has 4 heteroatoms. The Labute approximate surface area is 289 Å². The van der Waals surface area contributed by atoms with E-state index in [0.717, 1.165) is 39.5 Å². The van der Waals surface area contributed by atoms with Gasteiger partial charge in [-0.3, -0.25) is 0 Å². The average molecular weight is 639 g/mol. The molecule has 0 saturated carbocycles. The van der Waals surface area contributed by atoms with Gasteiger partial charge in [0.2, 0.25) is 0 Å². The second kappa shape index (κ2) is 11.4. The third-order valence-corrected chi connectivity index (χ3v) is 9.72. The summed E-state index contributed by atoms with van der Waals surface area (Å²) >= 11 is 0. The Kier molecular flexibility index (Phi) is 6.46. The van der Waals surface area contributed by atoms with E-state index in [1.807, 2.05) is 36.4 Å². The fourth-order valence-corrected chi connectivity index (χ4v) is 7.29. The van der Waals surface area contributed by atoms with Gasteiger partial charge < -0.3 is 9.13 Å². The normalized spacial score (nSPS) is 11.6. The maximum atomic E-state index is 5.06. The summed E-state index contributed by atoms with van der Waals surface area (Å²) in [5.74, 6) is 0.716. The number of nitrogens with zero attached hydrogens (tertiary/aromatic N) is 4. The van der Waals surface area contributed by atoms with Crippen LogP contribution in [0.15, 0.2) is 182 Å². The summed E-state index contributed by atoms with van der Waals surface area (Å²) in [4.78, 5) is 10.0. The highest BCUT2D eigenvalue weighted by atomic mass is 15.0. The molecule has 0 N–H and O–H groups in total. The number of hydrogen-bond acceptors (Lipinski definition) is 2. The number of fused-ring (bicyclic) bond motifs is 5. The summed E-state index contributed by atoms with van der Waals surface area (Å²) < 4.78 is 4.66. The summed E-state index contributed by atoms with van der Waals surface area (Å²) in [6.45, 7) is 0. The first kappa shape index (κ1) is 28.3. The van der Waals surface area contributed by atoms with Gasteiger partial charge in [-0.2, -0.15) is 0 Å². The van der Waals surface area contributed by atoms with Crippen LogP contribution in [0.1, 0.15) is 0 Å². The van der Waals surface area contributed by atoms with Crippen molar-refractivity contribution in [2.75, 3.05) is 0 Å².